The number of nitrogens with two attached hydrogens (primary N) is 1. The molecule has 9 nitrogen and oxygen atoms in total. The zero-order valence-electron chi connectivity index (χ0n) is 22.9. The van der Waals surface area contributed by atoms with E-state index < -0.39 is 26.7 Å². The number of nitrogens with zero attached hydrogens (tertiary/aromatic N) is 3. The minimum atomic E-state index is -4.22. The normalized spacial score (nSPS) is 13.1. The van der Waals surface area contributed by atoms with Gasteiger partial charge in [-0.1, -0.05) is 24.1 Å². The summed E-state index contributed by atoms with van der Waals surface area (Å²) in [5.41, 5.74) is 4.58. The van der Waals surface area contributed by atoms with Crippen molar-refractivity contribution in [3.63, 3.8) is 0 Å². The molecular formula is C31H25FN4O5S2. The third-order valence-electron chi connectivity index (χ3n) is 7.08. The Morgan fingerprint density at radius 1 is 1.21 bits per heavy atom. The molecule has 0 radical (unpaired) electrons. The molecule has 0 atom stereocenters. The van der Waals surface area contributed by atoms with Crippen LogP contribution in [0.4, 0.5) is 4.39 Å². The summed E-state index contributed by atoms with van der Waals surface area (Å²) in [7, 11) is -4.22. The lowest BCUT2D eigenvalue weighted by Crippen LogP contribution is -2.14. The van der Waals surface area contributed by atoms with Crippen LogP contribution in [-0.2, 0) is 23.0 Å². The molecule has 0 amide bonds. The molecule has 218 valence electrons. The van der Waals surface area contributed by atoms with Gasteiger partial charge in [0.25, 0.3) is 5.89 Å². The molecular weight excluding hydrogens is 591 g/mol. The first kappa shape index (κ1) is 28.5. The summed E-state index contributed by atoms with van der Waals surface area (Å²) in [6.45, 7) is 2.02. The molecule has 43 heavy (non-hydrogen) atoms. The lowest BCUT2D eigenvalue weighted by molar-refractivity contribution is 0.0691. The highest BCUT2D eigenvalue weighted by Gasteiger charge is 2.28. The molecule has 1 fully saturated rings. The van der Waals surface area contributed by atoms with Gasteiger partial charge in [-0.05, 0) is 79.5 Å². The fourth-order valence-electron chi connectivity index (χ4n) is 4.86. The Hall–Kier alpha value is -4.57. The Bertz CT molecular complexity index is 2040. The molecule has 3 N–H and O–H groups in total. The largest absolute Gasteiger partial charge is 0.476 e. The van der Waals surface area contributed by atoms with Gasteiger partial charge < -0.3 is 14.1 Å². The SMILES string of the molecule is Cc1cnc(C#Cc2cccc(-c3cc(-c4nc(C(=O)O)cs4)c(CC4CC4)n3Cc3ccc(S(N)(=O)=O)c(F)c3)c2)o1. The van der Waals surface area contributed by atoms with Crippen molar-refractivity contribution in [1.29, 1.82) is 0 Å². The number of hydrogen-bond donors (Lipinski definition) is 2. The third kappa shape index (κ3) is 6.29. The summed E-state index contributed by atoms with van der Waals surface area (Å²) >= 11 is 1.25. The van der Waals surface area contributed by atoms with Gasteiger partial charge in [-0.15, -0.1) is 11.3 Å². The molecule has 5 aromatic rings. The van der Waals surface area contributed by atoms with Crippen molar-refractivity contribution in [2.75, 3.05) is 0 Å². The maximum absolute atomic E-state index is 14.9. The molecule has 12 heteroatoms. The second kappa shape index (κ2) is 11.3. The second-order valence-corrected chi connectivity index (χ2v) is 12.8. The summed E-state index contributed by atoms with van der Waals surface area (Å²) < 4.78 is 46.0. The number of thiazole rings is 1. The van der Waals surface area contributed by atoms with E-state index in [9.17, 15) is 22.7 Å². The first-order valence-corrected chi connectivity index (χ1v) is 15.8. The van der Waals surface area contributed by atoms with Crippen LogP contribution in [0.15, 0.2) is 69.4 Å². The van der Waals surface area contributed by atoms with Gasteiger partial charge in [-0.3, -0.25) is 0 Å². The van der Waals surface area contributed by atoms with E-state index in [-0.39, 0.29) is 12.2 Å². The quantitative estimate of drug-likeness (QED) is 0.221. The molecule has 0 unspecified atom stereocenters. The second-order valence-electron chi connectivity index (χ2n) is 10.4. The van der Waals surface area contributed by atoms with Crippen LogP contribution >= 0.6 is 11.3 Å². The zero-order valence-corrected chi connectivity index (χ0v) is 24.5. The zero-order chi connectivity index (χ0) is 30.3. The van der Waals surface area contributed by atoms with Crippen LogP contribution in [-0.4, -0.2) is 34.0 Å². The number of aromatic carboxylic acids is 1. The number of carboxylic acids is 1. The van der Waals surface area contributed by atoms with Crippen molar-refractivity contribution in [3.8, 4) is 33.7 Å². The summed E-state index contributed by atoms with van der Waals surface area (Å²) in [4.78, 5) is 19.6. The van der Waals surface area contributed by atoms with Crippen molar-refractivity contribution in [2.45, 2.75) is 37.6 Å². The highest BCUT2D eigenvalue weighted by atomic mass is 32.2. The molecule has 1 aliphatic carbocycles. The summed E-state index contributed by atoms with van der Waals surface area (Å²) in [5, 5.41) is 16.8. The van der Waals surface area contributed by atoms with Gasteiger partial charge >= 0.3 is 5.97 Å². The van der Waals surface area contributed by atoms with Crippen molar-refractivity contribution in [1.82, 2.24) is 14.5 Å². The van der Waals surface area contributed by atoms with Crippen LogP contribution in [0, 0.1) is 30.5 Å². The predicted molar refractivity (Wildman–Crippen MR) is 158 cm³/mol. The fraction of sp³-hybridized carbons (Fsp3) is 0.194. The van der Waals surface area contributed by atoms with E-state index in [0.29, 0.717) is 28.1 Å². The number of carboxylic acid groups (broad SMARTS) is 1. The molecule has 0 bridgehead atoms. The van der Waals surface area contributed by atoms with Gasteiger partial charge in [0.15, 0.2) is 5.69 Å². The van der Waals surface area contributed by atoms with E-state index in [1.54, 1.807) is 19.2 Å². The van der Waals surface area contributed by atoms with Crippen LogP contribution in [0.3, 0.4) is 0 Å². The Kier molecular flexibility index (Phi) is 7.47. The third-order valence-corrected chi connectivity index (χ3v) is 8.90. The fourth-order valence-corrected chi connectivity index (χ4v) is 6.28. The highest BCUT2D eigenvalue weighted by Crippen LogP contribution is 2.41. The minimum Gasteiger partial charge on any atom is -0.476 e. The Morgan fingerprint density at radius 3 is 2.67 bits per heavy atom. The first-order valence-electron chi connectivity index (χ1n) is 13.3. The molecule has 3 aromatic heterocycles. The number of sulfonamides is 1. The topological polar surface area (TPSA) is 141 Å². The van der Waals surface area contributed by atoms with E-state index in [1.807, 2.05) is 30.3 Å². The number of carbonyl (C=O) groups is 1. The average molecular weight is 617 g/mol. The maximum atomic E-state index is 14.9. The lowest BCUT2D eigenvalue weighted by Gasteiger charge is -2.16. The minimum absolute atomic E-state index is 0.0358. The monoisotopic (exact) mass is 616 g/mol. The van der Waals surface area contributed by atoms with Crippen molar-refractivity contribution >= 4 is 27.3 Å². The predicted octanol–water partition coefficient (Wildman–Crippen LogP) is 5.46. The maximum Gasteiger partial charge on any atom is 0.355 e. The van der Waals surface area contributed by atoms with Crippen molar-refractivity contribution in [2.24, 2.45) is 11.1 Å². The van der Waals surface area contributed by atoms with E-state index in [4.69, 9.17) is 9.56 Å². The van der Waals surface area contributed by atoms with E-state index in [1.165, 1.54) is 28.8 Å². The van der Waals surface area contributed by atoms with Gasteiger partial charge in [-0.25, -0.2) is 32.7 Å². The molecule has 3 heterocycles. The molecule has 1 saturated carbocycles. The van der Waals surface area contributed by atoms with Gasteiger partial charge in [0.05, 0.1) is 6.20 Å². The molecule has 1 aliphatic rings. The standard InChI is InChI=1S/C31H25FN4O5S2/c1-18-15-34-29(41-18)10-8-19-3-2-4-22(11-19)26-14-23(30-35-25(17-42-30)31(37)38)27(13-20-5-6-20)36(26)16-21-7-9-28(24(32)12-21)43(33,39)40/h2-4,7,9,11-12,14-15,17,20H,5-6,13,16H2,1H3,(H,37,38)(H2,33,39,40). The van der Waals surface area contributed by atoms with Crippen LogP contribution in [0.5, 0.6) is 0 Å². The Balaban J connectivity index is 1.49. The number of hydrogen-bond acceptors (Lipinski definition) is 7. The number of rotatable bonds is 8. The summed E-state index contributed by atoms with van der Waals surface area (Å²) in [5.74, 6) is 5.41. The molecule has 6 rings (SSSR count). The molecule has 0 aliphatic heterocycles. The van der Waals surface area contributed by atoms with E-state index in [0.717, 1.165) is 47.3 Å². The van der Waals surface area contributed by atoms with Crippen molar-refractivity contribution in [3.05, 3.63) is 100 Å². The van der Waals surface area contributed by atoms with Crippen LogP contribution in [0.25, 0.3) is 21.8 Å². The highest BCUT2D eigenvalue weighted by molar-refractivity contribution is 7.89. The van der Waals surface area contributed by atoms with Gasteiger partial charge in [0.2, 0.25) is 10.0 Å². The van der Waals surface area contributed by atoms with Crippen LogP contribution in [0.2, 0.25) is 0 Å². The molecule has 0 spiro atoms. The number of primary sulfonamides is 1. The van der Waals surface area contributed by atoms with Crippen LogP contribution in [0.1, 0.15) is 51.8 Å². The van der Waals surface area contributed by atoms with Crippen molar-refractivity contribution < 1.29 is 27.1 Å². The number of benzene rings is 2. The Morgan fingerprint density at radius 2 is 2.02 bits per heavy atom. The smallest absolute Gasteiger partial charge is 0.355 e. The summed E-state index contributed by atoms with van der Waals surface area (Å²) in [6, 6.07) is 13.5. The number of halogens is 1. The summed E-state index contributed by atoms with van der Waals surface area (Å²) in [6.07, 6.45) is 4.46. The van der Waals surface area contributed by atoms with E-state index >= 15 is 0 Å². The number of aromatic nitrogens is 3. The first-order chi connectivity index (χ1) is 20.5. The van der Waals surface area contributed by atoms with Gasteiger partial charge in [0, 0.05) is 34.4 Å². The van der Waals surface area contributed by atoms with Crippen LogP contribution < -0.4 is 5.14 Å². The molecule has 2 aromatic carbocycles. The number of aryl methyl sites for hydroxylation is 1. The number of oxazole rings is 1. The average Bonchev–Trinajstić information content (AvgIpc) is 3.30. The van der Waals surface area contributed by atoms with Gasteiger partial charge in [-0.2, -0.15) is 0 Å². The van der Waals surface area contributed by atoms with Gasteiger partial charge in [0.1, 0.15) is 21.5 Å². The molecule has 0 saturated heterocycles. The lowest BCUT2D eigenvalue weighted by atomic mass is 10.1. The Labute approximate surface area is 250 Å². The van der Waals surface area contributed by atoms with E-state index in [2.05, 4.69) is 26.4 Å².